The Hall–Kier alpha value is -1.07. The van der Waals surface area contributed by atoms with E-state index in [4.69, 9.17) is 5.73 Å². The maximum Gasteiger partial charge on any atom is 0.264 e. The SMILES string of the molecule is Cc1sc(C(=O)N2CCC(N3CCCC3)CC2)cc1N. The van der Waals surface area contributed by atoms with Crippen molar-refractivity contribution in [1.82, 2.24) is 9.80 Å². The van der Waals surface area contributed by atoms with Crippen LogP contribution in [0.15, 0.2) is 6.07 Å². The Balaban J connectivity index is 1.58. The van der Waals surface area contributed by atoms with Gasteiger partial charge in [0.05, 0.1) is 4.88 Å². The summed E-state index contributed by atoms with van der Waals surface area (Å²) < 4.78 is 0. The van der Waals surface area contributed by atoms with Crippen LogP contribution >= 0.6 is 11.3 Å². The molecule has 3 heterocycles. The quantitative estimate of drug-likeness (QED) is 0.910. The van der Waals surface area contributed by atoms with E-state index in [9.17, 15) is 4.79 Å². The molecule has 2 aliphatic rings. The van der Waals surface area contributed by atoms with Gasteiger partial charge < -0.3 is 15.5 Å². The van der Waals surface area contributed by atoms with Crippen LogP contribution in [0.1, 0.15) is 40.2 Å². The fourth-order valence-corrected chi connectivity index (χ4v) is 4.21. The van der Waals surface area contributed by atoms with Gasteiger partial charge in [0.25, 0.3) is 5.91 Å². The third-order valence-corrected chi connectivity index (χ3v) is 5.63. The van der Waals surface area contributed by atoms with Crippen LogP contribution in [0.25, 0.3) is 0 Å². The molecule has 0 aromatic carbocycles. The third kappa shape index (κ3) is 2.69. The first-order valence-electron chi connectivity index (χ1n) is 7.54. The Kier molecular flexibility index (Phi) is 3.98. The molecule has 0 bridgehead atoms. The standard InChI is InChI=1S/C15H23N3OS/c1-11-13(16)10-14(20-11)15(19)18-8-4-12(5-9-18)17-6-2-3-7-17/h10,12H,2-9,16H2,1H3. The molecule has 0 radical (unpaired) electrons. The van der Waals surface area contributed by atoms with Gasteiger partial charge >= 0.3 is 0 Å². The monoisotopic (exact) mass is 293 g/mol. The maximum atomic E-state index is 12.5. The summed E-state index contributed by atoms with van der Waals surface area (Å²) >= 11 is 1.52. The molecule has 0 atom stereocenters. The van der Waals surface area contributed by atoms with E-state index in [1.165, 1.54) is 37.3 Å². The number of nitrogen functional groups attached to an aromatic ring is 1. The van der Waals surface area contributed by atoms with Gasteiger partial charge in [-0.2, -0.15) is 0 Å². The van der Waals surface area contributed by atoms with E-state index in [0.29, 0.717) is 6.04 Å². The van der Waals surface area contributed by atoms with E-state index >= 15 is 0 Å². The Bertz CT molecular complexity index is 466. The number of carbonyl (C=O) groups is 1. The van der Waals surface area contributed by atoms with Crippen molar-refractivity contribution in [2.24, 2.45) is 0 Å². The lowest BCUT2D eigenvalue weighted by molar-refractivity contribution is 0.0649. The number of rotatable bonds is 2. The lowest BCUT2D eigenvalue weighted by Crippen LogP contribution is -2.45. The summed E-state index contributed by atoms with van der Waals surface area (Å²) in [5.74, 6) is 0.162. The number of anilines is 1. The van der Waals surface area contributed by atoms with E-state index in [0.717, 1.165) is 41.4 Å². The molecule has 1 aromatic heterocycles. The molecule has 0 spiro atoms. The van der Waals surface area contributed by atoms with Crippen LogP contribution < -0.4 is 5.73 Å². The normalized spacial score (nSPS) is 21.6. The van der Waals surface area contributed by atoms with E-state index in [2.05, 4.69) is 4.90 Å². The summed E-state index contributed by atoms with van der Waals surface area (Å²) in [7, 11) is 0. The molecule has 0 unspecified atom stereocenters. The van der Waals surface area contributed by atoms with E-state index < -0.39 is 0 Å². The van der Waals surface area contributed by atoms with Crippen molar-refractivity contribution in [3.63, 3.8) is 0 Å². The Morgan fingerprint density at radius 2 is 1.90 bits per heavy atom. The zero-order valence-electron chi connectivity index (χ0n) is 12.1. The summed E-state index contributed by atoms with van der Waals surface area (Å²) in [6.07, 6.45) is 4.91. The minimum absolute atomic E-state index is 0.162. The van der Waals surface area contributed by atoms with Gasteiger partial charge in [0.2, 0.25) is 0 Å². The first kappa shape index (κ1) is 13.9. The zero-order chi connectivity index (χ0) is 14.1. The van der Waals surface area contributed by atoms with Gasteiger partial charge in [-0.25, -0.2) is 0 Å². The molecule has 2 saturated heterocycles. The number of nitrogens with zero attached hydrogens (tertiary/aromatic N) is 2. The Morgan fingerprint density at radius 3 is 2.45 bits per heavy atom. The Morgan fingerprint density at radius 1 is 1.25 bits per heavy atom. The fraction of sp³-hybridized carbons (Fsp3) is 0.667. The fourth-order valence-electron chi connectivity index (χ4n) is 3.30. The van der Waals surface area contributed by atoms with Gasteiger partial charge in [-0.3, -0.25) is 4.79 Å². The topological polar surface area (TPSA) is 49.6 Å². The molecular weight excluding hydrogens is 270 g/mol. The van der Waals surface area contributed by atoms with Crippen LogP contribution in [-0.4, -0.2) is 47.9 Å². The second-order valence-electron chi connectivity index (χ2n) is 5.89. The number of aryl methyl sites for hydroxylation is 1. The molecule has 3 rings (SSSR count). The number of carbonyl (C=O) groups excluding carboxylic acids is 1. The maximum absolute atomic E-state index is 12.5. The molecule has 2 aliphatic heterocycles. The highest BCUT2D eigenvalue weighted by molar-refractivity contribution is 7.14. The van der Waals surface area contributed by atoms with Gasteiger partial charge in [0.15, 0.2) is 0 Å². The highest BCUT2D eigenvalue weighted by Crippen LogP contribution is 2.27. The minimum Gasteiger partial charge on any atom is -0.398 e. The smallest absolute Gasteiger partial charge is 0.264 e. The van der Waals surface area contributed by atoms with Crippen molar-refractivity contribution in [1.29, 1.82) is 0 Å². The number of nitrogens with two attached hydrogens (primary N) is 1. The van der Waals surface area contributed by atoms with E-state index in [1.807, 2.05) is 17.9 Å². The molecule has 110 valence electrons. The van der Waals surface area contributed by atoms with E-state index in [-0.39, 0.29) is 5.91 Å². The average molecular weight is 293 g/mol. The van der Waals surface area contributed by atoms with E-state index in [1.54, 1.807) is 0 Å². The first-order chi connectivity index (χ1) is 9.65. The molecule has 4 nitrogen and oxygen atoms in total. The zero-order valence-corrected chi connectivity index (χ0v) is 12.9. The summed E-state index contributed by atoms with van der Waals surface area (Å²) in [6.45, 7) is 6.24. The van der Waals surface area contributed by atoms with Crippen LogP contribution in [0, 0.1) is 6.92 Å². The molecule has 1 aromatic rings. The van der Waals surface area contributed by atoms with Gasteiger partial charge in [-0.1, -0.05) is 0 Å². The lowest BCUT2D eigenvalue weighted by Gasteiger charge is -2.36. The predicted molar refractivity (Wildman–Crippen MR) is 83.2 cm³/mol. The minimum atomic E-state index is 0.162. The molecular formula is C15H23N3OS. The number of hydrogen-bond acceptors (Lipinski definition) is 4. The van der Waals surface area contributed by atoms with Gasteiger partial charge in [-0.05, 0) is 51.8 Å². The number of amides is 1. The van der Waals surface area contributed by atoms with Crippen LogP contribution in [-0.2, 0) is 0 Å². The Labute approximate surface area is 124 Å². The molecule has 20 heavy (non-hydrogen) atoms. The van der Waals surface area contributed by atoms with Crippen molar-refractivity contribution in [2.75, 3.05) is 31.9 Å². The summed E-state index contributed by atoms with van der Waals surface area (Å²) in [4.78, 5) is 18.9. The predicted octanol–water partition coefficient (Wildman–Crippen LogP) is 2.34. The molecule has 2 fully saturated rings. The van der Waals surface area contributed by atoms with Crippen molar-refractivity contribution in [2.45, 2.75) is 38.6 Å². The summed E-state index contributed by atoms with van der Waals surface area (Å²) in [6, 6.07) is 2.52. The number of thiophene rings is 1. The molecule has 0 aliphatic carbocycles. The largest absolute Gasteiger partial charge is 0.398 e. The van der Waals surface area contributed by atoms with Crippen molar-refractivity contribution >= 4 is 22.9 Å². The summed E-state index contributed by atoms with van der Waals surface area (Å²) in [5, 5.41) is 0. The molecule has 2 N–H and O–H groups in total. The van der Waals surface area contributed by atoms with Crippen molar-refractivity contribution in [3.8, 4) is 0 Å². The summed E-state index contributed by atoms with van der Waals surface area (Å²) in [5.41, 5.74) is 6.59. The van der Waals surface area contributed by atoms with Crippen molar-refractivity contribution < 1.29 is 4.79 Å². The lowest BCUT2D eigenvalue weighted by atomic mass is 10.0. The highest BCUT2D eigenvalue weighted by Gasteiger charge is 2.29. The second-order valence-corrected chi connectivity index (χ2v) is 7.14. The number of hydrogen-bond donors (Lipinski definition) is 1. The van der Waals surface area contributed by atoms with Crippen molar-refractivity contribution in [3.05, 3.63) is 15.8 Å². The number of likely N-dealkylation sites (tertiary alicyclic amines) is 2. The first-order valence-corrected chi connectivity index (χ1v) is 8.36. The average Bonchev–Trinajstić information content (AvgIpc) is 3.09. The third-order valence-electron chi connectivity index (χ3n) is 4.58. The number of piperidine rings is 1. The van der Waals surface area contributed by atoms with Crippen LogP contribution in [0.2, 0.25) is 0 Å². The molecule has 5 heteroatoms. The van der Waals surface area contributed by atoms with Gasteiger partial charge in [0, 0.05) is 29.7 Å². The van der Waals surface area contributed by atoms with Gasteiger partial charge in [-0.15, -0.1) is 11.3 Å². The van der Waals surface area contributed by atoms with Crippen LogP contribution in [0.4, 0.5) is 5.69 Å². The highest BCUT2D eigenvalue weighted by atomic mass is 32.1. The molecule has 1 amide bonds. The second kappa shape index (κ2) is 5.74. The van der Waals surface area contributed by atoms with Crippen LogP contribution in [0.3, 0.4) is 0 Å². The molecule has 0 saturated carbocycles. The van der Waals surface area contributed by atoms with Crippen LogP contribution in [0.5, 0.6) is 0 Å². The van der Waals surface area contributed by atoms with Gasteiger partial charge in [0.1, 0.15) is 0 Å².